The number of rotatable bonds is 3. The smallest absolute Gasteiger partial charge is 0.228 e. The van der Waals surface area contributed by atoms with Crippen molar-refractivity contribution in [3.05, 3.63) is 18.0 Å². The Hall–Kier alpha value is -1.32. The number of carbonyl (C=O) groups is 1. The van der Waals surface area contributed by atoms with Crippen molar-refractivity contribution in [2.24, 2.45) is 29.2 Å². The molecule has 2 unspecified atom stereocenters. The van der Waals surface area contributed by atoms with Crippen LogP contribution >= 0.6 is 0 Å². The van der Waals surface area contributed by atoms with Crippen molar-refractivity contribution in [2.75, 3.05) is 7.05 Å². The molecule has 0 N–H and O–H groups in total. The molecule has 4 fully saturated rings. The molecule has 4 aliphatic carbocycles. The van der Waals surface area contributed by atoms with Crippen molar-refractivity contribution in [1.82, 2.24) is 14.7 Å². The average Bonchev–Trinajstić information content (AvgIpc) is 2.79. The van der Waals surface area contributed by atoms with E-state index in [4.69, 9.17) is 0 Å². The molecule has 4 heteroatoms. The fraction of sp³-hybridized carbons (Fsp3) is 0.789. The van der Waals surface area contributed by atoms with E-state index < -0.39 is 0 Å². The standard InChI is InChI=1S/C19H29N3O/c1-17-7-14-8-18(2,11-17)13-19(9-14,12-17)16(23)21(3)10-15-5-6-22(4)20-15/h5-6,14H,7-13H2,1-4H3. The van der Waals surface area contributed by atoms with Gasteiger partial charge < -0.3 is 4.90 Å². The first-order valence-electron chi connectivity index (χ1n) is 8.95. The van der Waals surface area contributed by atoms with Gasteiger partial charge in [-0.2, -0.15) is 5.10 Å². The molecule has 1 aromatic heterocycles. The Kier molecular flexibility index (Phi) is 3.05. The highest BCUT2D eigenvalue weighted by molar-refractivity contribution is 5.83. The molecule has 0 saturated heterocycles. The zero-order valence-electron chi connectivity index (χ0n) is 14.9. The number of aromatic nitrogens is 2. The van der Waals surface area contributed by atoms with Gasteiger partial charge in [0.05, 0.1) is 17.7 Å². The summed E-state index contributed by atoms with van der Waals surface area (Å²) in [5, 5.41) is 4.43. The van der Waals surface area contributed by atoms with Crippen LogP contribution in [-0.2, 0) is 18.4 Å². The van der Waals surface area contributed by atoms with Crippen LogP contribution in [0.3, 0.4) is 0 Å². The number of hydrogen-bond acceptors (Lipinski definition) is 2. The lowest BCUT2D eigenvalue weighted by Crippen LogP contribution is -2.59. The fourth-order valence-electron chi connectivity index (χ4n) is 6.95. The molecule has 0 aliphatic heterocycles. The highest BCUT2D eigenvalue weighted by Crippen LogP contribution is 2.69. The second kappa shape index (κ2) is 4.61. The Bertz CT molecular complexity index is 631. The largest absolute Gasteiger partial charge is 0.339 e. The molecule has 0 spiro atoms. The lowest BCUT2D eigenvalue weighted by Gasteiger charge is -2.65. The first-order chi connectivity index (χ1) is 10.7. The summed E-state index contributed by atoms with van der Waals surface area (Å²) in [7, 11) is 3.88. The molecular formula is C19H29N3O. The van der Waals surface area contributed by atoms with E-state index in [1.807, 2.05) is 31.3 Å². The third-order valence-electron chi connectivity index (χ3n) is 6.59. The van der Waals surface area contributed by atoms with E-state index >= 15 is 0 Å². The van der Waals surface area contributed by atoms with Gasteiger partial charge in [-0.15, -0.1) is 0 Å². The number of amides is 1. The molecule has 4 saturated carbocycles. The van der Waals surface area contributed by atoms with Gasteiger partial charge in [-0.25, -0.2) is 0 Å². The van der Waals surface area contributed by atoms with Gasteiger partial charge in [0.15, 0.2) is 0 Å². The van der Waals surface area contributed by atoms with Crippen LogP contribution in [0.25, 0.3) is 0 Å². The minimum absolute atomic E-state index is 0.105. The maximum absolute atomic E-state index is 13.4. The SMILES string of the molecule is CN(Cc1ccn(C)n1)C(=O)C12CC3CC(C)(CC(C)(C3)C1)C2. The van der Waals surface area contributed by atoms with Gasteiger partial charge in [0.1, 0.15) is 0 Å². The fourth-order valence-corrected chi connectivity index (χ4v) is 6.95. The molecule has 4 nitrogen and oxygen atoms in total. The van der Waals surface area contributed by atoms with E-state index in [0.717, 1.165) is 30.9 Å². The zero-order valence-corrected chi connectivity index (χ0v) is 14.9. The Morgan fingerprint density at radius 3 is 2.43 bits per heavy atom. The molecule has 4 bridgehead atoms. The summed E-state index contributed by atoms with van der Waals surface area (Å²) in [6, 6.07) is 2.01. The molecule has 1 aromatic rings. The summed E-state index contributed by atoms with van der Waals surface area (Å²) in [4.78, 5) is 15.3. The first-order valence-corrected chi connectivity index (χ1v) is 8.95. The van der Waals surface area contributed by atoms with Gasteiger partial charge in [0, 0.05) is 20.3 Å². The third-order valence-corrected chi connectivity index (χ3v) is 6.59. The summed E-state index contributed by atoms with van der Waals surface area (Å²) < 4.78 is 1.81. The number of carbonyl (C=O) groups excluding carboxylic acids is 1. The Balaban J connectivity index is 1.58. The monoisotopic (exact) mass is 315 g/mol. The maximum atomic E-state index is 13.4. The lowest BCUT2D eigenvalue weighted by atomic mass is 9.40. The Labute approximate surface area is 139 Å². The number of aryl methyl sites for hydroxylation is 1. The van der Waals surface area contributed by atoms with Crippen LogP contribution in [0.2, 0.25) is 0 Å². The van der Waals surface area contributed by atoms with Crippen LogP contribution in [0.1, 0.15) is 58.1 Å². The number of hydrogen-bond donors (Lipinski definition) is 0. The predicted molar refractivity (Wildman–Crippen MR) is 89.5 cm³/mol. The lowest BCUT2D eigenvalue weighted by molar-refractivity contribution is -0.178. The van der Waals surface area contributed by atoms with Crippen LogP contribution in [0.4, 0.5) is 0 Å². The molecule has 1 amide bonds. The summed E-state index contributed by atoms with van der Waals surface area (Å²) in [5.41, 5.74) is 1.64. The zero-order chi connectivity index (χ0) is 16.5. The molecule has 23 heavy (non-hydrogen) atoms. The van der Waals surface area contributed by atoms with Gasteiger partial charge in [-0.05, 0) is 61.3 Å². The summed E-state index contributed by atoms with van der Waals surface area (Å²) in [5.74, 6) is 1.12. The van der Waals surface area contributed by atoms with Crippen LogP contribution in [0, 0.1) is 22.2 Å². The van der Waals surface area contributed by atoms with Crippen molar-refractivity contribution < 1.29 is 4.79 Å². The topological polar surface area (TPSA) is 38.1 Å². The molecule has 4 aliphatic rings. The van der Waals surface area contributed by atoms with Crippen LogP contribution < -0.4 is 0 Å². The minimum Gasteiger partial charge on any atom is -0.339 e. The van der Waals surface area contributed by atoms with E-state index in [2.05, 4.69) is 18.9 Å². The van der Waals surface area contributed by atoms with Crippen molar-refractivity contribution in [3.63, 3.8) is 0 Å². The highest BCUT2D eigenvalue weighted by atomic mass is 16.2. The van der Waals surface area contributed by atoms with Crippen molar-refractivity contribution in [3.8, 4) is 0 Å². The van der Waals surface area contributed by atoms with E-state index in [0.29, 0.717) is 23.3 Å². The maximum Gasteiger partial charge on any atom is 0.228 e. The van der Waals surface area contributed by atoms with Gasteiger partial charge in [-0.3, -0.25) is 9.48 Å². The first kappa shape index (κ1) is 15.2. The summed E-state index contributed by atoms with van der Waals surface area (Å²) in [6.07, 6.45) is 9.23. The molecule has 1 heterocycles. The molecule has 2 atom stereocenters. The second-order valence-corrected chi connectivity index (χ2v) is 9.55. The van der Waals surface area contributed by atoms with E-state index in [-0.39, 0.29) is 5.41 Å². The third kappa shape index (κ3) is 2.41. The van der Waals surface area contributed by atoms with E-state index in [1.54, 1.807) is 4.68 Å². The second-order valence-electron chi connectivity index (χ2n) is 9.55. The highest BCUT2D eigenvalue weighted by Gasteiger charge is 2.63. The summed E-state index contributed by atoms with van der Waals surface area (Å²) >= 11 is 0. The molecule has 126 valence electrons. The molecular weight excluding hydrogens is 286 g/mol. The van der Waals surface area contributed by atoms with Crippen LogP contribution in [-0.4, -0.2) is 27.6 Å². The predicted octanol–water partition coefficient (Wildman–Crippen LogP) is 3.38. The quantitative estimate of drug-likeness (QED) is 0.857. The van der Waals surface area contributed by atoms with Crippen molar-refractivity contribution in [1.29, 1.82) is 0 Å². The average molecular weight is 315 g/mol. The Morgan fingerprint density at radius 1 is 1.26 bits per heavy atom. The van der Waals surface area contributed by atoms with Gasteiger partial charge >= 0.3 is 0 Å². The van der Waals surface area contributed by atoms with Crippen LogP contribution in [0.5, 0.6) is 0 Å². The van der Waals surface area contributed by atoms with Gasteiger partial charge in [-0.1, -0.05) is 13.8 Å². The normalized spacial score (nSPS) is 41.3. The molecule has 5 rings (SSSR count). The van der Waals surface area contributed by atoms with E-state index in [1.165, 1.54) is 19.3 Å². The minimum atomic E-state index is -0.105. The van der Waals surface area contributed by atoms with Crippen LogP contribution in [0.15, 0.2) is 12.3 Å². The van der Waals surface area contributed by atoms with Crippen molar-refractivity contribution >= 4 is 5.91 Å². The summed E-state index contributed by atoms with van der Waals surface area (Å²) in [6.45, 7) is 5.48. The van der Waals surface area contributed by atoms with Crippen molar-refractivity contribution in [2.45, 2.75) is 58.9 Å². The van der Waals surface area contributed by atoms with Gasteiger partial charge in [0.2, 0.25) is 5.91 Å². The van der Waals surface area contributed by atoms with Gasteiger partial charge in [0.25, 0.3) is 0 Å². The Morgan fingerprint density at radius 2 is 1.91 bits per heavy atom. The molecule has 0 aromatic carbocycles. The van der Waals surface area contributed by atoms with E-state index in [9.17, 15) is 4.79 Å². The number of nitrogens with zero attached hydrogens (tertiary/aromatic N) is 3. The molecule has 0 radical (unpaired) electrons.